The van der Waals surface area contributed by atoms with E-state index < -0.39 is 11.9 Å². The number of primary amides is 1. The van der Waals surface area contributed by atoms with Crippen molar-refractivity contribution in [2.24, 2.45) is 11.7 Å². The third-order valence-corrected chi connectivity index (χ3v) is 5.10. The van der Waals surface area contributed by atoms with E-state index in [0.29, 0.717) is 36.5 Å². The molecule has 0 saturated carbocycles. The van der Waals surface area contributed by atoms with Gasteiger partial charge in [-0.25, -0.2) is 14.4 Å². The number of nitrogens with zero attached hydrogens (tertiary/aromatic N) is 2. The van der Waals surface area contributed by atoms with Gasteiger partial charge in [-0.05, 0) is 42.2 Å². The number of aromatic nitrogens is 2. The first-order valence-corrected chi connectivity index (χ1v) is 10.7. The summed E-state index contributed by atoms with van der Waals surface area (Å²) in [5, 5.41) is 6.76. The summed E-state index contributed by atoms with van der Waals surface area (Å²) in [6.45, 7) is 4.10. The van der Waals surface area contributed by atoms with Crippen molar-refractivity contribution in [2.45, 2.75) is 45.7 Å². The summed E-state index contributed by atoms with van der Waals surface area (Å²) in [7, 11) is 0. The number of carbonyl (C=O) groups is 2. The Morgan fingerprint density at radius 2 is 1.88 bits per heavy atom. The van der Waals surface area contributed by atoms with Crippen LogP contribution in [0.25, 0.3) is 10.9 Å². The number of carbonyl (C=O) groups excluding carboxylic acids is 2. The quantitative estimate of drug-likeness (QED) is 0.451. The third-order valence-electron chi connectivity index (χ3n) is 5.10. The molecule has 3 aromatic rings. The Morgan fingerprint density at radius 3 is 2.59 bits per heavy atom. The standard InChI is InChI=1S/C24H28FN5O2/c1-15(2)22(23(26)32)30-24-18-9-3-4-10-19(18)28-20(29-24)11-6-12-21(31)27-14-16-7-5-8-17(25)13-16/h3-5,7-10,13,15,22H,6,11-12,14H2,1-2H3,(H2,26,32)(H,27,31)(H,28,29,30)/t22-/m0/s1. The van der Waals surface area contributed by atoms with Crippen LogP contribution in [-0.4, -0.2) is 27.8 Å². The molecule has 3 rings (SSSR count). The average molecular weight is 438 g/mol. The van der Waals surface area contributed by atoms with Gasteiger partial charge in [0.1, 0.15) is 23.5 Å². The molecule has 32 heavy (non-hydrogen) atoms. The van der Waals surface area contributed by atoms with E-state index in [1.54, 1.807) is 12.1 Å². The number of halogens is 1. The van der Waals surface area contributed by atoms with Gasteiger partial charge in [0.15, 0.2) is 0 Å². The maximum Gasteiger partial charge on any atom is 0.240 e. The molecule has 0 aliphatic carbocycles. The lowest BCUT2D eigenvalue weighted by molar-refractivity contribution is -0.121. The van der Waals surface area contributed by atoms with Gasteiger partial charge in [0.2, 0.25) is 11.8 Å². The fraction of sp³-hybridized carbons (Fsp3) is 0.333. The molecule has 2 aromatic carbocycles. The van der Waals surface area contributed by atoms with E-state index >= 15 is 0 Å². The van der Waals surface area contributed by atoms with E-state index in [9.17, 15) is 14.0 Å². The second-order valence-electron chi connectivity index (χ2n) is 8.03. The van der Waals surface area contributed by atoms with Gasteiger partial charge in [0.05, 0.1) is 5.52 Å². The Hall–Kier alpha value is -3.55. The highest BCUT2D eigenvalue weighted by Gasteiger charge is 2.21. The maximum atomic E-state index is 13.2. The maximum absolute atomic E-state index is 13.2. The fourth-order valence-corrected chi connectivity index (χ4v) is 3.40. The molecular weight excluding hydrogens is 409 g/mol. The minimum atomic E-state index is -0.560. The number of anilines is 1. The Morgan fingerprint density at radius 1 is 1.09 bits per heavy atom. The summed E-state index contributed by atoms with van der Waals surface area (Å²) in [5.74, 6) is 0.230. The smallest absolute Gasteiger partial charge is 0.240 e. The molecule has 0 aliphatic heterocycles. The second-order valence-corrected chi connectivity index (χ2v) is 8.03. The molecule has 0 aliphatic rings. The predicted octanol–water partition coefficient (Wildman–Crippen LogP) is 3.33. The lowest BCUT2D eigenvalue weighted by Gasteiger charge is -2.21. The number of aryl methyl sites for hydroxylation is 1. The van der Waals surface area contributed by atoms with E-state index in [2.05, 4.69) is 20.6 Å². The van der Waals surface area contributed by atoms with Gasteiger partial charge in [-0.3, -0.25) is 9.59 Å². The van der Waals surface area contributed by atoms with Crippen molar-refractivity contribution in [3.63, 3.8) is 0 Å². The molecule has 0 saturated heterocycles. The molecule has 0 unspecified atom stereocenters. The molecule has 1 aromatic heterocycles. The van der Waals surface area contributed by atoms with E-state index in [0.717, 1.165) is 10.9 Å². The zero-order valence-corrected chi connectivity index (χ0v) is 18.3. The average Bonchev–Trinajstić information content (AvgIpc) is 2.75. The van der Waals surface area contributed by atoms with Crippen LogP contribution in [0.2, 0.25) is 0 Å². The fourth-order valence-electron chi connectivity index (χ4n) is 3.40. The van der Waals surface area contributed by atoms with E-state index in [1.165, 1.54) is 12.1 Å². The van der Waals surface area contributed by atoms with E-state index in [4.69, 9.17) is 5.73 Å². The van der Waals surface area contributed by atoms with Crippen molar-refractivity contribution in [3.8, 4) is 0 Å². The van der Waals surface area contributed by atoms with Gasteiger partial charge >= 0.3 is 0 Å². The Balaban J connectivity index is 1.64. The number of nitrogens with one attached hydrogen (secondary N) is 2. The molecule has 0 radical (unpaired) electrons. The summed E-state index contributed by atoms with van der Waals surface area (Å²) in [4.78, 5) is 33.2. The lowest BCUT2D eigenvalue weighted by atomic mass is 10.0. The number of rotatable bonds is 10. The molecule has 1 heterocycles. The van der Waals surface area contributed by atoms with Crippen molar-refractivity contribution in [1.82, 2.24) is 15.3 Å². The summed E-state index contributed by atoms with van der Waals surface area (Å²) in [6.07, 6.45) is 1.34. The van der Waals surface area contributed by atoms with Crippen molar-refractivity contribution in [2.75, 3.05) is 5.32 Å². The van der Waals surface area contributed by atoms with Crippen LogP contribution in [0.15, 0.2) is 48.5 Å². The van der Waals surface area contributed by atoms with Crippen molar-refractivity contribution in [1.29, 1.82) is 0 Å². The first-order chi connectivity index (χ1) is 15.3. The summed E-state index contributed by atoms with van der Waals surface area (Å²) < 4.78 is 13.2. The van der Waals surface area contributed by atoms with Crippen LogP contribution in [-0.2, 0) is 22.6 Å². The SMILES string of the molecule is CC(C)[C@H](Nc1nc(CCCC(=O)NCc2cccc(F)c2)nc2ccccc12)C(N)=O. The lowest BCUT2D eigenvalue weighted by Crippen LogP contribution is -2.39. The second kappa shape index (κ2) is 10.7. The van der Waals surface area contributed by atoms with Crippen molar-refractivity contribution < 1.29 is 14.0 Å². The Labute approximate surface area is 186 Å². The van der Waals surface area contributed by atoms with Crippen LogP contribution in [0.1, 0.15) is 38.1 Å². The van der Waals surface area contributed by atoms with Crippen molar-refractivity contribution in [3.05, 3.63) is 65.7 Å². The molecule has 2 amide bonds. The van der Waals surface area contributed by atoms with Crippen LogP contribution in [0.3, 0.4) is 0 Å². The molecule has 4 N–H and O–H groups in total. The summed E-state index contributed by atoms with van der Waals surface area (Å²) in [5.41, 5.74) is 7.01. The first kappa shape index (κ1) is 23.1. The zero-order chi connectivity index (χ0) is 23.1. The van der Waals surface area contributed by atoms with Crippen molar-refractivity contribution >= 4 is 28.5 Å². The normalized spacial score (nSPS) is 12.0. The number of fused-ring (bicyclic) bond motifs is 1. The van der Waals surface area contributed by atoms with Crippen LogP contribution in [0.4, 0.5) is 10.2 Å². The minimum absolute atomic E-state index is 0.00790. The highest BCUT2D eigenvalue weighted by Crippen LogP contribution is 2.22. The number of benzene rings is 2. The van der Waals surface area contributed by atoms with Crippen LogP contribution >= 0.6 is 0 Å². The molecule has 0 fully saturated rings. The Bertz CT molecular complexity index is 1100. The number of para-hydroxylation sites is 1. The van der Waals surface area contributed by atoms with Crippen LogP contribution in [0, 0.1) is 11.7 Å². The minimum Gasteiger partial charge on any atom is -0.368 e. The van der Waals surface area contributed by atoms with Gasteiger partial charge in [0, 0.05) is 24.8 Å². The van der Waals surface area contributed by atoms with E-state index in [-0.39, 0.29) is 24.2 Å². The molecular formula is C24H28FN5O2. The monoisotopic (exact) mass is 437 g/mol. The van der Waals surface area contributed by atoms with Gasteiger partial charge in [0.25, 0.3) is 0 Å². The first-order valence-electron chi connectivity index (χ1n) is 10.7. The summed E-state index contributed by atoms with van der Waals surface area (Å²) in [6, 6.07) is 13.1. The van der Waals surface area contributed by atoms with E-state index in [1.807, 2.05) is 38.1 Å². The predicted molar refractivity (Wildman–Crippen MR) is 122 cm³/mol. The Kier molecular flexibility index (Phi) is 7.70. The highest BCUT2D eigenvalue weighted by molar-refractivity contribution is 5.92. The van der Waals surface area contributed by atoms with Gasteiger partial charge < -0.3 is 16.4 Å². The molecule has 1 atom stereocenters. The molecule has 168 valence electrons. The molecule has 0 bridgehead atoms. The third kappa shape index (κ3) is 6.23. The topological polar surface area (TPSA) is 110 Å². The molecule has 0 spiro atoms. The van der Waals surface area contributed by atoms with Crippen LogP contribution in [0.5, 0.6) is 0 Å². The van der Waals surface area contributed by atoms with Gasteiger partial charge in [-0.1, -0.05) is 38.1 Å². The number of hydrogen-bond acceptors (Lipinski definition) is 5. The largest absolute Gasteiger partial charge is 0.368 e. The molecule has 7 nitrogen and oxygen atoms in total. The van der Waals surface area contributed by atoms with Gasteiger partial charge in [-0.2, -0.15) is 0 Å². The number of amides is 2. The van der Waals surface area contributed by atoms with Gasteiger partial charge in [-0.15, -0.1) is 0 Å². The number of hydrogen-bond donors (Lipinski definition) is 3. The highest BCUT2D eigenvalue weighted by atomic mass is 19.1. The summed E-state index contributed by atoms with van der Waals surface area (Å²) >= 11 is 0. The zero-order valence-electron chi connectivity index (χ0n) is 18.3. The van der Waals surface area contributed by atoms with Crippen LogP contribution < -0.4 is 16.4 Å². The number of nitrogens with two attached hydrogens (primary N) is 1. The molecule has 8 heteroatoms.